The Morgan fingerprint density at radius 3 is 2.75 bits per heavy atom. The van der Waals surface area contributed by atoms with E-state index in [4.69, 9.17) is 4.74 Å². The van der Waals surface area contributed by atoms with E-state index < -0.39 is 0 Å². The summed E-state index contributed by atoms with van der Waals surface area (Å²) in [5, 5.41) is 0. The number of amides is 1. The molecule has 0 aromatic rings. The number of nitrogens with zero attached hydrogens (tertiary/aromatic N) is 1. The van der Waals surface area contributed by atoms with Gasteiger partial charge in [0, 0.05) is 30.2 Å². The van der Waals surface area contributed by atoms with Crippen LogP contribution in [0.5, 0.6) is 0 Å². The molecule has 4 nitrogen and oxygen atoms in total. The fraction of sp³-hybridized carbons (Fsp3) is 0.600. The molecule has 0 aromatic carbocycles. The van der Waals surface area contributed by atoms with Gasteiger partial charge in [0.05, 0.1) is 0 Å². The van der Waals surface area contributed by atoms with Crippen LogP contribution in [0, 0.1) is 5.92 Å². The zero-order valence-corrected chi connectivity index (χ0v) is 14.6. The highest BCUT2D eigenvalue weighted by atomic mass is 16.5. The number of rotatable bonds is 1. The van der Waals surface area contributed by atoms with Crippen molar-refractivity contribution in [3.05, 3.63) is 35.5 Å². The van der Waals surface area contributed by atoms with E-state index >= 15 is 0 Å². The van der Waals surface area contributed by atoms with Crippen LogP contribution in [0.1, 0.15) is 51.9 Å². The molecule has 1 aliphatic carbocycles. The zero-order chi connectivity index (χ0) is 17.1. The lowest BCUT2D eigenvalue weighted by molar-refractivity contribution is -0.137. The monoisotopic (exact) mass is 329 g/mol. The lowest BCUT2D eigenvalue weighted by Crippen LogP contribution is -2.36. The molecule has 3 aliphatic rings. The summed E-state index contributed by atoms with van der Waals surface area (Å²) in [4.78, 5) is 26.7. The van der Waals surface area contributed by atoms with Crippen molar-refractivity contribution in [3.63, 3.8) is 0 Å². The maximum atomic E-state index is 12.9. The van der Waals surface area contributed by atoms with Crippen molar-refractivity contribution in [1.29, 1.82) is 0 Å². The van der Waals surface area contributed by atoms with Crippen LogP contribution >= 0.6 is 0 Å². The highest BCUT2D eigenvalue weighted by molar-refractivity contribution is 5.94. The molecule has 4 heteroatoms. The average molecular weight is 329 g/mol. The first kappa shape index (κ1) is 17.0. The van der Waals surface area contributed by atoms with E-state index in [0.717, 1.165) is 50.8 Å². The largest absolute Gasteiger partial charge is 0.454 e. The van der Waals surface area contributed by atoms with Crippen LogP contribution in [0.4, 0.5) is 0 Å². The molecule has 0 N–H and O–H groups in total. The molecular formula is C20H27NO3. The molecule has 1 amide bonds. The highest BCUT2D eigenvalue weighted by Crippen LogP contribution is 2.34. The molecule has 24 heavy (non-hydrogen) atoms. The SMILES string of the molecule is C=C1C(=O)O[C@@H]2C=C(C)CCC=C(C(=O)N3CCCCC3)CC[C@H]12. The van der Waals surface area contributed by atoms with Crippen LogP contribution in [0.2, 0.25) is 0 Å². The second-order valence-electron chi connectivity index (χ2n) is 7.17. The minimum atomic E-state index is -0.291. The smallest absolute Gasteiger partial charge is 0.334 e. The van der Waals surface area contributed by atoms with Crippen LogP contribution in [0.15, 0.2) is 35.5 Å². The summed E-state index contributed by atoms with van der Waals surface area (Å²) in [6, 6.07) is 0. The van der Waals surface area contributed by atoms with E-state index in [9.17, 15) is 9.59 Å². The number of carbonyl (C=O) groups is 2. The van der Waals surface area contributed by atoms with Gasteiger partial charge in [-0.3, -0.25) is 4.79 Å². The van der Waals surface area contributed by atoms with E-state index in [2.05, 4.69) is 25.7 Å². The average Bonchev–Trinajstić information content (AvgIpc) is 2.85. The molecule has 2 saturated heterocycles. The predicted molar refractivity (Wildman–Crippen MR) is 93.2 cm³/mol. The van der Waals surface area contributed by atoms with Crippen LogP contribution in [-0.2, 0) is 14.3 Å². The molecule has 0 aromatic heterocycles. The summed E-state index contributed by atoms with van der Waals surface area (Å²) in [5.41, 5.74) is 2.65. The van der Waals surface area contributed by atoms with Gasteiger partial charge in [-0.1, -0.05) is 18.2 Å². The number of piperidine rings is 1. The number of hydrogen-bond donors (Lipinski definition) is 0. The Balaban J connectivity index is 1.77. The molecule has 3 rings (SSSR count). The topological polar surface area (TPSA) is 46.6 Å². The minimum Gasteiger partial charge on any atom is -0.454 e. The van der Waals surface area contributed by atoms with Crippen molar-refractivity contribution in [2.45, 2.75) is 58.0 Å². The van der Waals surface area contributed by atoms with Crippen molar-refractivity contribution < 1.29 is 14.3 Å². The van der Waals surface area contributed by atoms with Gasteiger partial charge in [-0.2, -0.15) is 0 Å². The summed E-state index contributed by atoms with van der Waals surface area (Å²) in [7, 11) is 0. The molecule has 0 spiro atoms. The normalized spacial score (nSPS) is 28.6. The third kappa shape index (κ3) is 3.63. The Morgan fingerprint density at radius 2 is 2.00 bits per heavy atom. The summed E-state index contributed by atoms with van der Waals surface area (Å²) in [5.74, 6) is -0.117. The second-order valence-corrected chi connectivity index (χ2v) is 7.17. The number of allylic oxidation sites excluding steroid dienone is 2. The summed E-state index contributed by atoms with van der Waals surface area (Å²) < 4.78 is 5.46. The van der Waals surface area contributed by atoms with Gasteiger partial charge < -0.3 is 9.64 Å². The van der Waals surface area contributed by atoms with Gasteiger partial charge in [0.15, 0.2) is 0 Å². The van der Waals surface area contributed by atoms with Gasteiger partial charge in [0.1, 0.15) is 6.10 Å². The predicted octanol–water partition coefficient (Wildman–Crippen LogP) is 3.54. The maximum absolute atomic E-state index is 12.9. The number of fused-ring (bicyclic) bond motifs is 1. The first-order chi connectivity index (χ1) is 11.6. The maximum Gasteiger partial charge on any atom is 0.334 e. The Morgan fingerprint density at radius 1 is 1.25 bits per heavy atom. The van der Waals surface area contributed by atoms with E-state index in [1.54, 1.807) is 0 Å². The van der Waals surface area contributed by atoms with Crippen molar-refractivity contribution in [1.82, 2.24) is 4.90 Å². The third-order valence-electron chi connectivity index (χ3n) is 5.37. The van der Waals surface area contributed by atoms with E-state index in [-0.39, 0.29) is 23.9 Å². The molecule has 2 fully saturated rings. The van der Waals surface area contributed by atoms with Crippen LogP contribution in [0.25, 0.3) is 0 Å². The van der Waals surface area contributed by atoms with Crippen LogP contribution in [0.3, 0.4) is 0 Å². The lowest BCUT2D eigenvalue weighted by Gasteiger charge is -2.28. The number of ether oxygens (including phenoxy) is 1. The number of esters is 1. The fourth-order valence-electron chi connectivity index (χ4n) is 3.86. The second kappa shape index (κ2) is 7.37. The summed E-state index contributed by atoms with van der Waals surface area (Å²) >= 11 is 0. The molecule has 0 radical (unpaired) electrons. The van der Waals surface area contributed by atoms with E-state index in [0.29, 0.717) is 12.0 Å². The lowest BCUT2D eigenvalue weighted by atomic mass is 9.87. The Bertz CT molecular complexity index is 596. The number of hydrogen-bond acceptors (Lipinski definition) is 3. The van der Waals surface area contributed by atoms with Crippen LogP contribution in [-0.4, -0.2) is 36.0 Å². The third-order valence-corrected chi connectivity index (χ3v) is 5.37. The van der Waals surface area contributed by atoms with E-state index in [1.165, 1.54) is 12.0 Å². The minimum absolute atomic E-state index is 0.0110. The molecule has 2 heterocycles. The first-order valence-electron chi connectivity index (χ1n) is 9.11. The Hall–Kier alpha value is -1.84. The van der Waals surface area contributed by atoms with Crippen molar-refractivity contribution in [2.24, 2.45) is 5.92 Å². The van der Waals surface area contributed by atoms with Gasteiger partial charge in [-0.05, 0) is 57.9 Å². The summed E-state index contributed by atoms with van der Waals surface area (Å²) in [6.07, 6.45) is 10.6. The van der Waals surface area contributed by atoms with Crippen LogP contribution < -0.4 is 0 Å². The molecule has 2 aliphatic heterocycles. The quantitative estimate of drug-likeness (QED) is 0.420. The van der Waals surface area contributed by atoms with Gasteiger partial charge in [-0.25, -0.2) is 4.79 Å². The first-order valence-corrected chi connectivity index (χ1v) is 9.11. The highest BCUT2D eigenvalue weighted by Gasteiger charge is 2.37. The Labute approximate surface area is 144 Å². The zero-order valence-electron chi connectivity index (χ0n) is 14.6. The standard InChI is InChI=1S/C20H27NO3/c1-14-7-6-8-16(19(22)21-11-4-3-5-12-21)9-10-17-15(2)20(23)24-18(17)13-14/h8,13,17-18H,2-7,9-12H2,1H3/t17-,18-/m1/s1. The van der Waals surface area contributed by atoms with Crippen molar-refractivity contribution >= 4 is 11.9 Å². The molecular weight excluding hydrogens is 302 g/mol. The van der Waals surface area contributed by atoms with E-state index in [1.807, 2.05) is 4.90 Å². The van der Waals surface area contributed by atoms with Gasteiger partial charge in [0.2, 0.25) is 5.91 Å². The molecule has 0 saturated carbocycles. The molecule has 0 unspecified atom stereocenters. The molecule has 2 atom stereocenters. The molecule has 0 bridgehead atoms. The van der Waals surface area contributed by atoms with Gasteiger partial charge >= 0.3 is 5.97 Å². The molecule has 130 valence electrons. The van der Waals surface area contributed by atoms with Crippen molar-refractivity contribution in [2.75, 3.05) is 13.1 Å². The Kier molecular flexibility index (Phi) is 5.22. The van der Waals surface area contributed by atoms with Gasteiger partial charge in [-0.15, -0.1) is 0 Å². The van der Waals surface area contributed by atoms with Crippen molar-refractivity contribution in [3.8, 4) is 0 Å². The van der Waals surface area contributed by atoms with Gasteiger partial charge in [0.25, 0.3) is 0 Å². The number of carbonyl (C=O) groups excluding carboxylic acids is 2. The fourth-order valence-corrected chi connectivity index (χ4v) is 3.86. The summed E-state index contributed by atoms with van der Waals surface area (Å²) in [6.45, 7) is 7.72. The number of likely N-dealkylation sites (tertiary alicyclic amines) is 1.